The molecule has 57 heavy (non-hydrogen) atoms. The van der Waals surface area contributed by atoms with Gasteiger partial charge in [0.2, 0.25) is 17.7 Å². The summed E-state index contributed by atoms with van der Waals surface area (Å²) in [5, 5.41) is 44.9. The third-order valence-electron chi connectivity index (χ3n) is 8.29. The molecule has 3 amide bonds. The molecule has 2 aromatic heterocycles. The number of rotatable bonds is 27. The first-order valence-electron chi connectivity index (χ1n) is 17.0. The topological polar surface area (TPSA) is 363 Å². The van der Waals surface area contributed by atoms with Crippen LogP contribution in [0.5, 0.6) is 0 Å². The quantitative estimate of drug-likeness (QED) is 0.0428. The lowest BCUT2D eigenvalue weighted by atomic mass is 9.85. The van der Waals surface area contributed by atoms with Gasteiger partial charge in [0.25, 0.3) is 0 Å². The van der Waals surface area contributed by atoms with Gasteiger partial charge in [-0.3, -0.25) is 28.3 Å². The third kappa shape index (κ3) is 17.8. The number of aromatic nitrogens is 6. The van der Waals surface area contributed by atoms with E-state index in [0.29, 0.717) is 5.69 Å². The highest BCUT2D eigenvalue weighted by Gasteiger charge is 2.37. The van der Waals surface area contributed by atoms with E-state index >= 15 is 0 Å². The number of nitrogens with zero attached hydrogens (tertiary/aromatic N) is 6. The molecule has 2 rings (SSSR count). The number of aliphatic carboxylic acids is 2. The predicted molar refractivity (Wildman–Crippen MR) is 197 cm³/mol. The Labute approximate surface area is 332 Å². The predicted octanol–water partition coefficient (Wildman–Crippen LogP) is -2.55. The molecule has 0 aromatic carbocycles. The lowest BCUT2D eigenvalue weighted by Gasteiger charge is -2.29. The molecule has 0 radical (unpaired) electrons. The van der Waals surface area contributed by atoms with Gasteiger partial charge in [-0.15, -0.1) is 10.2 Å². The molecule has 0 aliphatic carbocycles. The van der Waals surface area contributed by atoms with Gasteiger partial charge in [0.15, 0.2) is 0 Å². The highest BCUT2D eigenvalue weighted by atomic mass is 32.3. The van der Waals surface area contributed by atoms with Crippen molar-refractivity contribution in [3.05, 3.63) is 23.8 Å². The Morgan fingerprint density at radius 1 is 0.789 bits per heavy atom. The Morgan fingerprint density at radius 2 is 1.23 bits per heavy atom. The summed E-state index contributed by atoms with van der Waals surface area (Å²) in [5.41, 5.74) is -0.909. The number of nitrogens with one attached hydrogen (secondary N) is 4. The molecule has 0 saturated carbocycles. The number of carboxylic acids is 2. The Kier molecular flexibility index (Phi) is 18.8. The molecule has 1 unspecified atom stereocenters. The van der Waals surface area contributed by atoms with Crippen LogP contribution >= 0.6 is 11.8 Å². The van der Waals surface area contributed by atoms with E-state index in [1.807, 2.05) is 0 Å². The summed E-state index contributed by atoms with van der Waals surface area (Å²) in [6.07, 6.45) is 4.08. The molecular weight excluding hydrogens is 825 g/mol. The Morgan fingerprint density at radius 3 is 1.65 bits per heavy atom. The second-order valence-electron chi connectivity index (χ2n) is 13.1. The van der Waals surface area contributed by atoms with E-state index < -0.39 is 105 Å². The fourth-order valence-corrected chi connectivity index (χ4v) is 6.00. The van der Waals surface area contributed by atoms with Gasteiger partial charge in [-0.2, -0.15) is 28.6 Å². The van der Waals surface area contributed by atoms with Crippen LogP contribution in [0.1, 0.15) is 51.4 Å². The summed E-state index contributed by atoms with van der Waals surface area (Å²) in [4.78, 5) is 65.2. The van der Waals surface area contributed by atoms with E-state index in [4.69, 9.17) is 9.11 Å². The number of thioether (sulfide) groups is 1. The summed E-state index contributed by atoms with van der Waals surface area (Å²) in [6.45, 7) is 3.14. The molecule has 0 aliphatic rings. The van der Waals surface area contributed by atoms with Crippen molar-refractivity contribution in [3.8, 4) is 0 Å². The average Bonchev–Trinajstić information content (AvgIpc) is 3.76. The molecule has 322 valence electrons. The van der Waals surface area contributed by atoms with Gasteiger partial charge in [-0.25, -0.2) is 22.5 Å². The van der Waals surface area contributed by atoms with Gasteiger partial charge in [0, 0.05) is 17.6 Å². The number of carbonyl (C=O) groups excluding carboxylic acids is 3. The number of carbonyl (C=O) groups is 5. The van der Waals surface area contributed by atoms with Crippen molar-refractivity contribution < 1.29 is 68.5 Å². The molecule has 0 bridgehead atoms. The first-order valence-corrected chi connectivity index (χ1v) is 21.1. The summed E-state index contributed by atoms with van der Waals surface area (Å²) in [5.74, 6) is -5.22. The van der Waals surface area contributed by atoms with Crippen LogP contribution in [-0.2, 0) is 79.1 Å². The zero-order valence-electron chi connectivity index (χ0n) is 31.6. The van der Waals surface area contributed by atoms with Crippen LogP contribution in [0.3, 0.4) is 0 Å². The van der Waals surface area contributed by atoms with Crippen molar-refractivity contribution in [3.63, 3.8) is 0 Å². The van der Waals surface area contributed by atoms with Crippen LogP contribution in [0.25, 0.3) is 0 Å². The molecule has 0 aliphatic heterocycles. The van der Waals surface area contributed by atoms with Crippen molar-refractivity contribution in [1.29, 1.82) is 0 Å². The molecular formula is C29H48N10O15S3. The van der Waals surface area contributed by atoms with Crippen LogP contribution in [0.15, 0.2) is 12.4 Å². The van der Waals surface area contributed by atoms with Crippen LogP contribution < -0.4 is 21.3 Å². The minimum Gasteiger partial charge on any atom is -0.481 e. The van der Waals surface area contributed by atoms with E-state index in [2.05, 4.69) is 50.3 Å². The first-order chi connectivity index (χ1) is 26.4. The standard InChI is InChI=1S/C29H48N10O15S3/c1-17(55-5)23(27(43)44)33-25(41)21(9-7-19-16-39(37-35-19)11-13-54-57(50,51)52)31-26(42)22(14-29(2,3)28(45)46)32-24(40)20(30-4)8-6-18-15-38(36-34-18)10-12-53-56(47,48)49/h15-17,20-23,30H,6-14H2,1-5H3,(H,31,42)(H,32,40)(H,33,41)(H,43,44)(H,45,46)(H,47,48,49)(H,50,51,52)/t17?,20-,21-,22-,23-/m0/s1. The monoisotopic (exact) mass is 872 g/mol. The maximum absolute atomic E-state index is 13.9. The highest BCUT2D eigenvalue weighted by Crippen LogP contribution is 2.23. The second-order valence-corrected chi connectivity index (χ2v) is 16.5. The summed E-state index contributed by atoms with van der Waals surface area (Å²) in [7, 11) is -7.87. The number of hydrogen-bond donors (Lipinski definition) is 8. The maximum Gasteiger partial charge on any atom is 0.397 e. The van der Waals surface area contributed by atoms with Crippen LogP contribution in [0.2, 0.25) is 0 Å². The van der Waals surface area contributed by atoms with Crippen molar-refractivity contribution >= 4 is 62.2 Å². The molecule has 5 atom stereocenters. The van der Waals surface area contributed by atoms with Gasteiger partial charge in [-0.1, -0.05) is 17.4 Å². The molecule has 0 fully saturated rings. The lowest BCUT2D eigenvalue weighted by Crippen LogP contribution is -2.59. The van der Waals surface area contributed by atoms with Gasteiger partial charge in [-0.05, 0) is 59.3 Å². The van der Waals surface area contributed by atoms with Gasteiger partial charge in [0.1, 0.15) is 18.1 Å². The van der Waals surface area contributed by atoms with Crippen LogP contribution in [-0.4, -0.2) is 152 Å². The van der Waals surface area contributed by atoms with Crippen molar-refractivity contribution in [2.45, 2.75) is 95.4 Å². The minimum absolute atomic E-state index is 0.0367. The highest BCUT2D eigenvalue weighted by molar-refractivity contribution is 7.99. The third-order valence-corrected chi connectivity index (χ3v) is 10.2. The number of aryl methyl sites for hydroxylation is 2. The van der Waals surface area contributed by atoms with Crippen molar-refractivity contribution in [2.24, 2.45) is 5.41 Å². The van der Waals surface area contributed by atoms with E-state index in [1.54, 1.807) is 13.2 Å². The molecule has 25 nitrogen and oxygen atoms in total. The van der Waals surface area contributed by atoms with Crippen molar-refractivity contribution in [2.75, 3.05) is 26.5 Å². The molecule has 28 heteroatoms. The fourth-order valence-electron chi connectivity index (χ4n) is 4.98. The first kappa shape index (κ1) is 48.8. The molecule has 2 aromatic rings. The number of amides is 3. The second kappa shape index (κ2) is 22.0. The Bertz CT molecular complexity index is 1910. The minimum atomic E-state index is -4.69. The van der Waals surface area contributed by atoms with E-state index in [1.165, 1.54) is 42.7 Å². The molecule has 8 N–H and O–H groups in total. The maximum atomic E-state index is 13.9. The SMILES string of the molecule is CN[C@@H](CCc1cn(CCOS(=O)(=O)O)nn1)C(=O)N[C@@H](CC(C)(C)C(=O)O)C(=O)N[C@@H](CCc1cn(CCOS(=O)(=O)O)nn1)C(=O)N[C@H](C(=O)O)C(C)SC. The van der Waals surface area contributed by atoms with Crippen LogP contribution in [0.4, 0.5) is 0 Å². The lowest BCUT2D eigenvalue weighted by molar-refractivity contribution is -0.148. The zero-order valence-corrected chi connectivity index (χ0v) is 34.0. The summed E-state index contributed by atoms with van der Waals surface area (Å²) in [6, 6.07) is -5.31. The normalized spacial score (nSPS) is 14.9. The average molecular weight is 873 g/mol. The molecule has 0 saturated heterocycles. The van der Waals surface area contributed by atoms with E-state index in [0.717, 1.165) is 11.8 Å². The van der Waals surface area contributed by atoms with Crippen LogP contribution in [0, 0.1) is 5.41 Å². The largest absolute Gasteiger partial charge is 0.481 e. The zero-order chi connectivity index (χ0) is 43.1. The number of carboxylic acid groups (broad SMARTS) is 2. The number of hydrogen-bond acceptors (Lipinski definition) is 17. The van der Waals surface area contributed by atoms with Gasteiger partial charge < -0.3 is 31.5 Å². The smallest absolute Gasteiger partial charge is 0.397 e. The molecule has 0 spiro atoms. The molecule has 2 heterocycles. The fraction of sp³-hybridized carbons (Fsp3) is 0.690. The summed E-state index contributed by atoms with van der Waals surface area (Å²) >= 11 is 1.16. The number of likely N-dealkylation sites (N-methyl/N-ethyl adjacent to an activating group) is 1. The summed E-state index contributed by atoms with van der Waals surface area (Å²) < 4.78 is 71.6. The van der Waals surface area contributed by atoms with Gasteiger partial charge >= 0.3 is 32.7 Å². The van der Waals surface area contributed by atoms with E-state index in [-0.39, 0.29) is 44.5 Å². The Hall–Kier alpha value is -4.32. The van der Waals surface area contributed by atoms with Crippen molar-refractivity contribution in [1.82, 2.24) is 51.3 Å². The Balaban J connectivity index is 2.29. The van der Waals surface area contributed by atoms with E-state index in [9.17, 15) is 51.0 Å². The van der Waals surface area contributed by atoms with Gasteiger partial charge in [0.05, 0.1) is 49.1 Å².